The molecule has 0 spiro atoms. The van der Waals surface area contributed by atoms with Crippen molar-refractivity contribution in [3.8, 4) is 0 Å². The Bertz CT molecular complexity index is 1030. The van der Waals surface area contributed by atoms with Crippen LogP contribution in [0.4, 0.5) is 4.39 Å². The third kappa shape index (κ3) is 4.80. The third-order valence-corrected chi connectivity index (χ3v) is 6.46. The van der Waals surface area contributed by atoms with Crippen LogP contribution in [-0.4, -0.2) is 27.8 Å². The number of aryl methyl sites for hydroxylation is 1. The smallest absolute Gasteiger partial charge is 0.262 e. The largest absolute Gasteiger partial charge is 0.355 e. The highest BCUT2D eigenvalue weighted by molar-refractivity contribution is 7.99. The molecule has 1 amide bonds. The van der Waals surface area contributed by atoms with Gasteiger partial charge in [0.15, 0.2) is 5.16 Å². The second-order valence-corrected chi connectivity index (χ2v) is 8.30. The van der Waals surface area contributed by atoms with Crippen molar-refractivity contribution in [1.82, 2.24) is 14.9 Å². The van der Waals surface area contributed by atoms with E-state index in [-0.39, 0.29) is 23.0 Å². The zero-order valence-electron chi connectivity index (χ0n) is 15.8. The number of carbonyl (C=O) groups excluding carboxylic acids is 1. The predicted molar refractivity (Wildman–Crippen MR) is 113 cm³/mol. The van der Waals surface area contributed by atoms with Gasteiger partial charge in [0.1, 0.15) is 10.6 Å². The fourth-order valence-electron chi connectivity index (χ4n) is 2.79. The van der Waals surface area contributed by atoms with E-state index < -0.39 is 0 Å². The molecule has 2 heterocycles. The number of benzene rings is 1. The molecule has 5 nitrogen and oxygen atoms in total. The summed E-state index contributed by atoms with van der Waals surface area (Å²) >= 11 is 2.80. The monoisotopic (exact) mass is 419 g/mol. The van der Waals surface area contributed by atoms with Crippen molar-refractivity contribution in [2.75, 3.05) is 12.3 Å². The molecule has 2 aromatic heterocycles. The highest BCUT2D eigenvalue weighted by atomic mass is 32.2. The standard InChI is InChI=1S/C20H22FN3O2S2/c1-3-15-11-16-18(28-15)23-20(24(4-2)19(16)26)27-12-17(25)22-10-9-13-5-7-14(21)8-6-13/h5-8,11H,3-4,9-10,12H2,1-2H3,(H,22,25). The maximum absolute atomic E-state index is 12.9. The molecular formula is C20H22FN3O2S2. The fraction of sp³-hybridized carbons (Fsp3) is 0.350. The van der Waals surface area contributed by atoms with Gasteiger partial charge in [0.05, 0.1) is 11.1 Å². The Labute approximate surface area is 171 Å². The summed E-state index contributed by atoms with van der Waals surface area (Å²) in [6, 6.07) is 8.15. The molecule has 0 aliphatic rings. The number of nitrogens with zero attached hydrogens (tertiary/aromatic N) is 2. The second kappa shape index (κ2) is 9.34. The molecule has 0 atom stereocenters. The number of halogens is 1. The van der Waals surface area contributed by atoms with Crippen LogP contribution in [-0.2, 0) is 24.2 Å². The molecule has 0 fully saturated rings. The first kappa shape index (κ1) is 20.5. The van der Waals surface area contributed by atoms with Crippen molar-refractivity contribution >= 4 is 39.2 Å². The van der Waals surface area contributed by atoms with Crippen LogP contribution in [0.5, 0.6) is 0 Å². The Morgan fingerprint density at radius 2 is 2.04 bits per heavy atom. The van der Waals surface area contributed by atoms with Crippen molar-refractivity contribution in [3.05, 3.63) is 56.9 Å². The molecule has 0 aliphatic carbocycles. The summed E-state index contributed by atoms with van der Waals surface area (Å²) in [5.74, 6) is -0.204. The summed E-state index contributed by atoms with van der Waals surface area (Å²) in [4.78, 5) is 31.3. The summed E-state index contributed by atoms with van der Waals surface area (Å²) in [6.45, 7) is 4.93. The molecule has 0 unspecified atom stereocenters. The fourth-order valence-corrected chi connectivity index (χ4v) is 4.69. The predicted octanol–water partition coefficient (Wildman–Crippen LogP) is 3.63. The lowest BCUT2D eigenvalue weighted by Gasteiger charge is -2.10. The first-order valence-corrected chi connectivity index (χ1v) is 11.0. The molecule has 148 valence electrons. The molecule has 0 aliphatic heterocycles. The third-order valence-electron chi connectivity index (χ3n) is 4.31. The van der Waals surface area contributed by atoms with Crippen molar-refractivity contribution in [3.63, 3.8) is 0 Å². The van der Waals surface area contributed by atoms with Gasteiger partial charge in [-0.05, 0) is 43.5 Å². The molecule has 1 N–H and O–H groups in total. The van der Waals surface area contributed by atoms with E-state index in [1.54, 1.807) is 16.7 Å². The first-order valence-electron chi connectivity index (χ1n) is 9.19. The number of thiophene rings is 1. The molecule has 0 radical (unpaired) electrons. The Balaban J connectivity index is 1.61. The molecular weight excluding hydrogens is 397 g/mol. The van der Waals surface area contributed by atoms with Gasteiger partial charge < -0.3 is 5.32 Å². The summed E-state index contributed by atoms with van der Waals surface area (Å²) in [5, 5.41) is 4.07. The van der Waals surface area contributed by atoms with E-state index in [0.717, 1.165) is 21.7 Å². The van der Waals surface area contributed by atoms with Gasteiger partial charge in [0.25, 0.3) is 5.56 Å². The second-order valence-electron chi connectivity index (χ2n) is 6.24. The lowest BCUT2D eigenvalue weighted by molar-refractivity contribution is -0.118. The lowest BCUT2D eigenvalue weighted by atomic mass is 10.1. The van der Waals surface area contributed by atoms with Crippen LogP contribution in [0.2, 0.25) is 0 Å². The highest BCUT2D eigenvalue weighted by Crippen LogP contribution is 2.25. The SMILES string of the molecule is CCc1cc2c(=O)n(CC)c(SCC(=O)NCCc3ccc(F)cc3)nc2s1. The average Bonchev–Trinajstić information content (AvgIpc) is 3.11. The van der Waals surface area contributed by atoms with Gasteiger partial charge in [-0.25, -0.2) is 9.37 Å². The van der Waals surface area contributed by atoms with Gasteiger partial charge >= 0.3 is 0 Å². The minimum Gasteiger partial charge on any atom is -0.355 e. The van der Waals surface area contributed by atoms with Crippen LogP contribution in [0.15, 0.2) is 40.3 Å². The van der Waals surface area contributed by atoms with Gasteiger partial charge in [0.2, 0.25) is 5.91 Å². The lowest BCUT2D eigenvalue weighted by Crippen LogP contribution is -2.28. The topological polar surface area (TPSA) is 64.0 Å². The number of fused-ring (bicyclic) bond motifs is 1. The first-order chi connectivity index (χ1) is 13.5. The number of nitrogens with one attached hydrogen (secondary N) is 1. The molecule has 8 heteroatoms. The Kier molecular flexibility index (Phi) is 6.85. The molecule has 3 aromatic rings. The molecule has 0 saturated carbocycles. The van der Waals surface area contributed by atoms with Crippen LogP contribution in [0, 0.1) is 5.82 Å². The number of hydrogen-bond donors (Lipinski definition) is 1. The number of hydrogen-bond acceptors (Lipinski definition) is 5. The molecule has 28 heavy (non-hydrogen) atoms. The molecule has 0 saturated heterocycles. The Hall–Kier alpha value is -2.19. The van der Waals surface area contributed by atoms with Crippen LogP contribution >= 0.6 is 23.1 Å². The number of amides is 1. The zero-order chi connectivity index (χ0) is 20.1. The summed E-state index contributed by atoms with van der Waals surface area (Å²) in [6.07, 6.45) is 1.50. The van der Waals surface area contributed by atoms with E-state index in [9.17, 15) is 14.0 Å². The van der Waals surface area contributed by atoms with E-state index in [1.165, 1.54) is 35.2 Å². The number of carbonyl (C=O) groups is 1. The van der Waals surface area contributed by atoms with Crippen molar-refractivity contribution in [2.24, 2.45) is 0 Å². The van der Waals surface area contributed by atoms with Crippen molar-refractivity contribution in [2.45, 2.75) is 38.4 Å². The van der Waals surface area contributed by atoms with E-state index >= 15 is 0 Å². The van der Waals surface area contributed by atoms with E-state index in [1.807, 2.05) is 13.0 Å². The summed E-state index contributed by atoms with van der Waals surface area (Å²) < 4.78 is 14.5. The van der Waals surface area contributed by atoms with E-state index in [0.29, 0.717) is 30.1 Å². The van der Waals surface area contributed by atoms with E-state index in [2.05, 4.69) is 17.2 Å². The number of rotatable bonds is 8. The Morgan fingerprint density at radius 3 is 2.71 bits per heavy atom. The quantitative estimate of drug-likeness (QED) is 0.447. The number of thioether (sulfide) groups is 1. The van der Waals surface area contributed by atoms with Gasteiger partial charge in [-0.3, -0.25) is 14.2 Å². The van der Waals surface area contributed by atoms with Gasteiger partial charge in [-0.15, -0.1) is 11.3 Å². The average molecular weight is 420 g/mol. The van der Waals surface area contributed by atoms with Gasteiger partial charge in [-0.2, -0.15) is 0 Å². The Morgan fingerprint density at radius 1 is 1.29 bits per heavy atom. The summed E-state index contributed by atoms with van der Waals surface area (Å²) in [5.41, 5.74) is 0.911. The van der Waals surface area contributed by atoms with Crippen LogP contribution in [0.1, 0.15) is 24.3 Å². The summed E-state index contributed by atoms with van der Waals surface area (Å²) in [7, 11) is 0. The van der Waals surface area contributed by atoms with Crippen molar-refractivity contribution in [1.29, 1.82) is 0 Å². The van der Waals surface area contributed by atoms with Gasteiger partial charge in [0, 0.05) is 18.0 Å². The zero-order valence-corrected chi connectivity index (χ0v) is 17.5. The van der Waals surface area contributed by atoms with Crippen LogP contribution < -0.4 is 10.9 Å². The normalized spacial score (nSPS) is 11.1. The van der Waals surface area contributed by atoms with Crippen LogP contribution in [0.25, 0.3) is 10.2 Å². The highest BCUT2D eigenvalue weighted by Gasteiger charge is 2.14. The molecule has 1 aromatic carbocycles. The maximum atomic E-state index is 12.9. The minimum atomic E-state index is -0.271. The minimum absolute atomic E-state index is 0.0531. The van der Waals surface area contributed by atoms with Gasteiger partial charge in [-0.1, -0.05) is 30.8 Å². The van der Waals surface area contributed by atoms with Crippen molar-refractivity contribution < 1.29 is 9.18 Å². The maximum Gasteiger partial charge on any atom is 0.262 e. The van der Waals surface area contributed by atoms with E-state index in [4.69, 9.17) is 0 Å². The number of aromatic nitrogens is 2. The molecule has 3 rings (SSSR count). The van der Waals surface area contributed by atoms with Crippen LogP contribution in [0.3, 0.4) is 0 Å². The molecule has 0 bridgehead atoms.